The summed E-state index contributed by atoms with van der Waals surface area (Å²) >= 11 is 0. The van der Waals surface area contributed by atoms with Crippen molar-refractivity contribution in [3.63, 3.8) is 0 Å². The van der Waals surface area contributed by atoms with Crippen molar-refractivity contribution in [1.29, 1.82) is 0 Å². The van der Waals surface area contributed by atoms with Gasteiger partial charge in [0.25, 0.3) is 5.91 Å². The Balaban J connectivity index is 2.21. The van der Waals surface area contributed by atoms with E-state index in [-0.39, 0.29) is 17.0 Å². The lowest BCUT2D eigenvalue weighted by atomic mass is 10.2. The van der Waals surface area contributed by atoms with Crippen molar-refractivity contribution in [3.05, 3.63) is 67.0 Å². The lowest BCUT2D eigenvalue weighted by molar-refractivity contribution is 0.102. The van der Waals surface area contributed by atoms with E-state index >= 15 is 0 Å². The van der Waals surface area contributed by atoms with Gasteiger partial charge in [-0.1, -0.05) is 12.1 Å². The molecule has 1 heterocycles. The van der Waals surface area contributed by atoms with Gasteiger partial charge in [-0.15, -0.1) is 6.58 Å². The van der Waals surface area contributed by atoms with Crippen LogP contribution in [0.5, 0.6) is 0 Å². The van der Waals surface area contributed by atoms with E-state index in [2.05, 4.69) is 21.6 Å². The molecule has 0 atom stereocenters. The topological polar surface area (TPSA) is 88.2 Å². The van der Waals surface area contributed by atoms with Crippen LogP contribution in [0.3, 0.4) is 0 Å². The molecule has 0 aliphatic carbocycles. The molecule has 2 N–H and O–H groups in total. The molecule has 1 aromatic carbocycles. The predicted molar refractivity (Wildman–Crippen MR) is 84.0 cm³/mol. The number of rotatable bonds is 6. The fraction of sp³-hybridized carbons (Fsp3) is 0.0667. The minimum atomic E-state index is -3.66. The molecule has 114 valence electrons. The van der Waals surface area contributed by atoms with E-state index in [1.807, 2.05) is 0 Å². The minimum absolute atomic E-state index is 0.0215. The zero-order valence-electron chi connectivity index (χ0n) is 11.7. The summed E-state index contributed by atoms with van der Waals surface area (Å²) in [4.78, 5) is 16.1. The normalized spacial score (nSPS) is 10.9. The highest BCUT2D eigenvalue weighted by molar-refractivity contribution is 7.89. The number of nitrogens with one attached hydrogen (secondary N) is 2. The molecule has 0 saturated heterocycles. The maximum atomic E-state index is 12.1. The van der Waals surface area contributed by atoms with Crippen molar-refractivity contribution in [2.45, 2.75) is 4.90 Å². The lowest BCUT2D eigenvalue weighted by Gasteiger charge is -2.08. The Morgan fingerprint density at radius 2 is 2.09 bits per heavy atom. The summed E-state index contributed by atoms with van der Waals surface area (Å²) in [5, 5.41) is 2.65. The zero-order valence-corrected chi connectivity index (χ0v) is 12.5. The van der Waals surface area contributed by atoms with Crippen LogP contribution < -0.4 is 10.0 Å². The summed E-state index contributed by atoms with van der Waals surface area (Å²) in [5.74, 6) is -0.409. The van der Waals surface area contributed by atoms with Gasteiger partial charge < -0.3 is 5.32 Å². The molecule has 0 spiro atoms. The van der Waals surface area contributed by atoms with Gasteiger partial charge in [-0.05, 0) is 30.3 Å². The highest BCUT2D eigenvalue weighted by Gasteiger charge is 2.15. The molecule has 1 aromatic heterocycles. The first-order valence-corrected chi connectivity index (χ1v) is 7.93. The second kappa shape index (κ2) is 6.97. The van der Waals surface area contributed by atoms with Gasteiger partial charge in [0.15, 0.2) is 0 Å². The number of nitrogens with zero attached hydrogens (tertiary/aromatic N) is 1. The van der Waals surface area contributed by atoms with E-state index in [0.29, 0.717) is 5.69 Å². The van der Waals surface area contributed by atoms with E-state index in [1.54, 1.807) is 18.3 Å². The summed E-state index contributed by atoms with van der Waals surface area (Å²) in [7, 11) is -3.66. The Bertz CT molecular complexity index is 774. The number of aromatic nitrogens is 1. The summed E-state index contributed by atoms with van der Waals surface area (Å²) in [5.41, 5.74) is 0.774. The van der Waals surface area contributed by atoms with Gasteiger partial charge in [0, 0.05) is 18.3 Å². The lowest BCUT2D eigenvalue weighted by Crippen LogP contribution is -2.24. The highest BCUT2D eigenvalue weighted by atomic mass is 32.2. The number of anilines is 1. The molecule has 0 unspecified atom stereocenters. The number of hydrogen-bond donors (Lipinski definition) is 2. The van der Waals surface area contributed by atoms with Crippen LogP contribution >= 0.6 is 0 Å². The molecule has 22 heavy (non-hydrogen) atoms. The molecular formula is C15H15N3O3S. The summed E-state index contributed by atoms with van der Waals surface area (Å²) in [6, 6.07) is 9.18. The zero-order chi connectivity index (χ0) is 16.0. The largest absolute Gasteiger partial charge is 0.321 e. The van der Waals surface area contributed by atoms with E-state index in [1.165, 1.54) is 36.5 Å². The van der Waals surface area contributed by atoms with Crippen molar-refractivity contribution < 1.29 is 13.2 Å². The molecule has 2 aromatic rings. The molecule has 0 fully saturated rings. The van der Waals surface area contributed by atoms with Gasteiger partial charge in [-0.3, -0.25) is 9.78 Å². The third kappa shape index (κ3) is 4.00. The van der Waals surface area contributed by atoms with Crippen LogP contribution in [0.25, 0.3) is 0 Å². The molecular weight excluding hydrogens is 302 g/mol. The maximum absolute atomic E-state index is 12.1. The quantitative estimate of drug-likeness (QED) is 0.795. The standard InChI is InChI=1S/C15H15N3O3S/c1-2-8-17-22(20,21)14-7-3-5-12(10-14)15(19)18-13-6-4-9-16-11-13/h2-7,9-11,17H,1,8H2,(H,18,19). The number of sulfonamides is 1. The fourth-order valence-electron chi connectivity index (χ4n) is 1.70. The van der Waals surface area contributed by atoms with Crippen LogP contribution in [-0.2, 0) is 10.0 Å². The number of hydrogen-bond acceptors (Lipinski definition) is 4. The first-order chi connectivity index (χ1) is 10.5. The van der Waals surface area contributed by atoms with Gasteiger partial charge in [0.05, 0.1) is 16.8 Å². The van der Waals surface area contributed by atoms with Gasteiger partial charge in [-0.2, -0.15) is 0 Å². The Kier molecular flexibility index (Phi) is 5.03. The average Bonchev–Trinajstić information content (AvgIpc) is 2.54. The third-order valence-electron chi connectivity index (χ3n) is 2.74. The second-order valence-corrected chi connectivity index (χ2v) is 6.13. The van der Waals surface area contributed by atoms with E-state index in [0.717, 1.165) is 0 Å². The molecule has 0 bridgehead atoms. The Morgan fingerprint density at radius 3 is 2.77 bits per heavy atom. The van der Waals surface area contributed by atoms with Gasteiger partial charge in [0.1, 0.15) is 0 Å². The fourth-order valence-corrected chi connectivity index (χ4v) is 2.74. The second-order valence-electron chi connectivity index (χ2n) is 4.36. The van der Waals surface area contributed by atoms with E-state index in [9.17, 15) is 13.2 Å². The number of pyridine rings is 1. The molecule has 0 aliphatic heterocycles. The number of amides is 1. The first kappa shape index (κ1) is 15.9. The van der Waals surface area contributed by atoms with Crippen molar-refractivity contribution in [2.75, 3.05) is 11.9 Å². The van der Waals surface area contributed by atoms with Gasteiger partial charge in [-0.25, -0.2) is 13.1 Å². The molecule has 0 aliphatic rings. The predicted octanol–water partition coefficient (Wildman–Crippen LogP) is 1.80. The first-order valence-electron chi connectivity index (χ1n) is 6.45. The smallest absolute Gasteiger partial charge is 0.255 e. The number of carbonyl (C=O) groups is 1. The molecule has 0 radical (unpaired) electrons. The SMILES string of the molecule is C=CCNS(=O)(=O)c1cccc(C(=O)Nc2cccnc2)c1. The van der Waals surface area contributed by atoms with Crippen LogP contribution in [0.15, 0.2) is 66.3 Å². The van der Waals surface area contributed by atoms with Crippen LogP contribution in [0.1, 0.15) is 10.4 Å². The van der Waals surface area contributed by atoms with Crippen LogP contribution in [0, 0.1) is 0 Å². The molecule has 2 rings (SSSR count). The Morgan fingerprint density at radius 1 is 1.27 bits per heavy atom. The van der Waals surface area contributed by atoms with Gasteiger partial charge >= 0.3 is 0 Å². The number of benzene rings is 1. The Hall–Kier alpha value is -2.51. The Labute approximate surface area is 129 Å². The highest BCUT2D eigenvalue weighted by Crippen LogP contribution is 2.13. The molecule has 7 heteroatoms. The molecule has 1 amide bonds. The monoisotopic (exact) mass is 317 g/mol. The van der Waals surface area contributed by atoms with Gasteiger partial charge in [0.2, 0.25) is 10.0 Å². The van der Waals surface area contributed by atoms with Crippen molar-refractivity contribution >= 4 is 21.6 Å². The third-order valence-corrected chi connectivity index (χ3v) is 4.16. The molecule has 6 nitrogen and oxygen atoms in total. The van der Waals surface area contributed by atoms with E-state index < -0.39 is 15.9 Å². The van der Waals surface area contributed by atoms with Crippen LogP contribution in [-0.4, -0.2) is 25.9 Å². The summed E-state index contributed by atoms with van der Waals surface area (Å²) < 4.78 is 26.4. The van der Waals surface area contributed by atoms with E-state index in [4.69, 9.17) is 0 Å². The van der Waals surface area contributed by atoms with Crippen molar-refractivity contribution in [2.24, 2.45) is 0 Å². The summed E-state index contributed by atoms with van der Waals surface area (Å²) in [6.07, 6.45) is 4.54. The van der Waals surface area contributed by atoms with Crippen molar-refractivity contribution in [1.82, 2.24) is 9.71 Å². The maximum Gasteiger partial charge on any atom is 0.255 e. The van der Waals surface area contributed by atoms with Crippen molar-refractivity contribution in [3.8, 4) is 0 Å². The average molecular weight is 317 g/mol. The van der Waals surface area contributed by atoms with Crippen LogP contribution in [0.4, 0.5) is 5.69 Å². The summed E-state index contributed by atoms with van der Waals surface area (Å²) in [6.45, 7) is 3.57. The molecule has 0 saturated carbocycles. The number of carbonyl (C=O) groups excluding carboxylic acids is 1. The minimum Gasteiger partial charge on any atom is -0.321 e. The van der Waals surface area contributed by atoms with Crippen LogP contribution in [0.2, 0.25) is 0 Å².